The maximum absolute atomic E-state index is 4.89. The normalized spacial score (nSPS) is 4.88. The van der Waals surface area contributed by atoms with E-state index in [1.807, 2.05) is 0 Å². The first-order valence-corrected chi connectivity index (χ1v) is 4.58. The lowest BCUT2D eigenvalue weighted by molar-refractivity contribution is 0.430. The Labute approximate surface area is 59.8 Å². The summed E-state index contributed by atoms with van der Waals surface area (Å²) in [6.07, 6.45) is 0. The molecule has 0 heterocycles. The molecule has 0 aliphatic heterocycles. The lowest BCUT2D eigenvalue weighted by Gasteiger charge is -1.87. The molecule has 0 amide bonds. The fourth-order valence-corrected chi connectivity index (χ4v) is 0. The third-order valence-electron chi connectivity index (χ3n) is 0.471. The highest BCUT2D eigenvalue weighted by molar-refractivity contribution is 6.48. The maximum atomic E-state index is 4.89. The summed E-state index contributed by atoms with van der Waals surface area (Å²) in [7, 11) is 1.76. The highest BCUT2D eigenvalue weighted by Gasteiger charge is 1.95. The van der Waals surface area contributed by atoms with E-state index in [0.717, 1.165) is 0 Å². The lowest BCUT2D eigenvalue weighted by atomic mass is 11.8. The Morgan fingerprint density at radius 1 is 1.00 bits per heavy atom. The standard InChI is InChI=1S/CH3O.3CH4.2CH3.Al/c1-2;;;;;;/h1H3;3*1H4;2*1H3;/q-1;;;;;;+1. The van der Waals surface area contributed by atoms with E-state index >= 15 is 0 Å². The largest absolute Gasteiger partial charge is 0.503 e. The molecule has 0 aromatic rings. The minimum atomic E-state index is -0.650. The van der Waals surface area contributed by atoms with Crippen LogP contribution in [0.15, 0.2) is 0 Å². The molecule has 0 bridgehead atoms. The average molecular weight is 136 g/mol. The van der Waals surface area contributed by atoms with E-state index in [2.05, 4.69) is 11.6 Å². The van der Waals surface area contributed by atoms with Crippen LogP contribution in [0, 0.1) is 0 Å². The van der Waals surface area contributed by atoms with E-state index in [9.17, 15) is 0 Å². The molecule has 0 aromatic heterocycles. The minimum Gasteiger partial charge on any atom is -0.503 e. The number of rotatable bonds is 1. The minimum absolute atomic E-state index is 0. The summed E-state index contributed by atoms with van der Waals surface area (Å²) in [5.41, 5.74) is 0. The van der Waals surface area contributed by atoms with Crippen LogP contribution in [0.5, 0.6) is 0 Å². The third-order valence-corrected chi connectivity index (χ3v) is 1.41. The van der Waals surface area contributed by atoms with Crippen LogP contribution in [-0.4, -0.2) is 21.6 Å². The topological polar surface area (TPSA) is 9.23 Å². The van der Waals surface area contributed by atoms with Crippen LogP contribution in [0.3, 0.4) is 0 Å². The van der Waals surface area contributed by atoms with Crippen LogP contribution in [0.25, 0.3) is 0 Å². The zero-order chi connectivity index (χ0) is 4.28. The maximum Gasteiger partial charge on any atom is 0.453 e. The molecule has 2 heteroatoms. The molecular formula is C6H21AlO. The van der Waals surface area contributed by atoms with E-state index in [0.29, 0.717) is 0 Å². The molecule has 0 N–H and O–H groups in total. The molecule has 0 spiro atoms. The average Bonchev–Trinajstić information content (AvgIpc) is 1.38. The second-order valence-electron chi connectivity index (χ2n) is 1.28. The molecule has 0 radical (unpaired) electrons. The van der Waals surface area contributed by atoms with Gasteiger partial charge in [0, 0.05) is 7.11 Å². The lowest BCUT2D eigenvalue weighted by Crippen LogP contribution is -2.00. The molecule has 0 aliphatic carbocycles. The Balaban J connectivity index is -0.0000000267. The van der Waals surface area contributed by atoms with Gasteiger partial charge in [0.25, 0.3) is 0 Å². The van der Waals surface area contributed by atoms with Crippen molar-refractivity contribution in [2.75, 3.05) is 7.11 Å². The smallest absolute Gasteiger partial charge is 0.453 e. The van der Waals surface area contributed by atoms with Crippen molar-refractivity contribution in [3.63, 3.8) is 0 Å². The van der Waals surface area contributed by atoms with Gasteiger partial charge in [-0.15, -0.1) is 0 Å². The van der Waals surface area contributed by atoms with Crippen LogP contribution in [0.2, 0.25) is 11.6 Å². The Morgan fingerprint density at radius 3 is 1.12 bits per heavy atom. The van der Waals surface area contributed by atoms with Crippen LogP contribution in [0.4, 0.5) is 0 Å². The zero-order valence-electron chi connectivity index (χ0n) is 3.99. The van der Waals surface area contributed by atoms with Crippen LogP contribution in [-0.2, 0) is 3.79 Å². The summed E-state index contributed by atoms with van der Waals surface area (Å²) >= 11 is -0.650. The van der Waals surface area contributed by atoms with Crippen LogP contribution in [0.1, 0.15) is 22.3 Å². The van der Waals surface area contributed by atoms with E-state index in [1.54, 1.807) is 7.11 Å². The Hall–Kier alpha value is 0.492. The molecule has 0 saturated carbocycles. The molecule has 0 aliphatic rings. The molecule has 0 saturated heterocycles. The van der Waals surface area contributed by atoms with Crippen molar-refractivity contribution in [2.24, 2.45) is 0 Å². The molecule has 8 heavy (non-hydrogen) atoms. The van der Waals surface area contributed by atoms with Gasteiger partial charge in [-0.1, -0.05) is 33.9 Å². The zero-order valence-corrected chi connectivity index (χ0v) is 5.14. The first-order chi connectivity index (χ1) is 2.27. The monoisotopic (exact) mass is 136 g/mol. The first kappa shape index (κ1) is 23.6. The predicted octanol–water partition coefficient (Wildman–Crippen LogP) is 2.79. The fourth-order valence-electron chi connectivity index (χ4n) is 0. The molecule has 0 aromatic carbocycles. The van der Waals surface area contributed by atoms with Gasteiger partial charge in [0.2, 0.25) is 0 Å². The molecule has 0 atom stereocenters. The van der Waals surface area contributed by atoms with Crippen molar-refractivity contribution in [1.29, 1.82) is 0 Å². The third kappa shape index (κ3) is 31.5. The Kier molecular flexibility index (Phi) is 46.2. The highest BCUT2D eigenvalue weighted by Crippen LogP contribution is 1.73. The second-order valence-corrected chi connectivity index (χ2v) is 3.85. The van der Waals surface area contributed by atoms with E-state index in [4.69, 9.17) is 3.79 Å². The van der Waals surface area contributed by atoms with E-state index < -0.39 is 14.5 Å². The predicted molar refractivity (Wildman–Crippen MR) is 44.7 cm³/mol. The first-order valence-electron chi connectivity index (χ1n) is 1.80. The van der Waals surface area contributed by atoms with Gasteiger partial charge in [-0.25, -0.2) is 0 Å². The Morgan fingerprint density at radius 2 is 1.12 bits per heavy atom. The Bertz CT molecular complexity index is 22.5. The molecule has 0 fully saturated rings. The van der Waals surface area contributed by atoms with Gasteiger partial charge in [0.15, 0.2) is 0 Å². The van der Waals surface area contributed by atoms with Crippen molar-refractivity contribution in [2.45, 2.75) is 33.9 Å². The van der Waals surface area contributed by atoms with Crippen molar-refractivity contribution in [3.05, 3.63) is 0 Å². The summed E-state index contributed by atoms with van der Waals surface area (Å²) in [6.45, 7) is 0. The van der Waals surface area contributed by atoms with Crippen molar-refractivity contribution < 1.29 is 3.79 Å². The summed E-state index contributed by atoms with van der Waals surface area (Å²) in [6, 6.07) is 0. The quantitative estimate of drug-likeness (QED) is 0.504. The van der Waals surface area contributed by atoms with Gasteiger partial charge in [-0.3, -0.25) is 0 Å². The van der Waals surface area contributed by atoms with Crippen molar-refractivity contribution in [1.82, 2.24) is 0 Å². The molecule has 0 rings (SSSR count). The highest BCUT2D eigenvalue weighted by atomic mass is 27.2. The van der Waals surface area contributed by atoms with Crippen LogP contribution < -0.4 is 0 Å². The molecule has 54 valence electrons. The summed E-state index contributed by atoms with van der Waals surface area (Å²) in [5.74, 6) is 4.28. The van der Waals surface area contributed by atoms with Gasteiger partial charge < -0.3 is 3.79 Å². The molecule has 0 unspecified atom stereocenters. The van der Waals surface area contributed by atoms with Gasteiger partial charge in [-0.05, 0) is 0 Å². The summed E-state index contributed by atoms with van der Waals surface area (Å²) < 4.78 is 4.89. The van der Waals surface area contributed by atoms with Gasteiger partial charge >= 0.3 is 14.5 Å². The summed E-state index contributed by atoms with van der Waals surface area (Å²) in [4.78, 5) is 0. The van der Waals surface area contributed by atoms with Crippen molar-refractivity contribution in [3.8, 4) is 0 Å². The van der Waals surface area contributed by atoms with Gasteiger partial charge in [0.1, 0.15) is 0 Å². The van der Waals surface area contributed by atoms with E-state index in [1.165, 1.54) is 0 Å². The van der Waals surface area contributed by atoms with E-state index in [-0.39, 0.29) is 22.3 Å². The van der Waals surface area contributed by atoms with Crippen LogP contribution >= 0.6 is 0 Å². The molecule has 1 nitrogen and oxygen atoms in total. The number of hydrogen-bond acceptors (Lipinski definition) is 1. The van der Waals surface area contributed by atoms with Gasteiger partial charge in [0.05, 0.1) is 0 Å². The van der Waals surface area contributed by atoms with Crippen molar-refractivity contribution >= 4 is 14.5 Å². The van der Waals surface area contributed by atoms with Gasteiger partial charge in [-0.2, -0.15) is 0 Å². The molecular weight excluding hydrogens is 115 g/mol. The SMILES string of the molecule is C.C.C.C[O][Al]([CH3])[CH3]. The number of hydrogen-bond donors (Lipinski definition) is 0. The second kappa shape index (κ2) is 15.6. The summed E-state index contributed by atoms with van der Waals surface area (Å²) in [5, 5.41) is 0. The fraction of sp³-hybridized carbons (Fsp3) is 1.00.